The highest BCUT2D eigenvalue weighted by atomic mass is 19.3. The number of anilines is 2. The van der Waals surface area contributed by atoms with Crippen LogP contribution >= 0.6 is 0 Å². The van der Waals surface area contributed by atoms with Gasteiger partial charge in [-0.25, -0.2) is 4.52 Å². The lowest BCUT2D eigenvalue weighted by atomic mass is 9.60. The monoisotopic (exact) mass is 564 g/mol. The van der Waals surface area contributed by atoms with E-state index >= 15 is 0 Å². The molecule has 1 amide bonds. The fourth-order valence-electron chi connectivity index (χ4n) is 6.10. The molecule has 1 aliphatic carbocycles. The maximum Gasteiger partial charge on any atom is 0.345 e. The van der Waals surface area contributed by atoms with Crippen LogP contribution in [-0.4, -0.2) is 64.7 Å². The summed E-state index contributed by atoms with van der Waals surface area (Å²) in [4.78, 5) is 20.3. The first kappa shape index (κ1) is 26.0. The molecule has 12 heteroatoms. The molecule has 1 N–H and O–H groups in total. The number of hydrogen-bond donors (Lipinski definition) is 1. The van der Waals surface area contributed by atoms with E-state index in [2.05, 4.69) is 25.5 Å². The number of rotatable bonds is 7. The molecular weight excluding hydrogens is 534 g/mol. The lowest BCUT2D eigenvalue weighted by molar-refractivity contribution is -0.229. The molecule has 41 heavy (non-hydrogen) atoms. The number of aromatic nitrogens is 4. The van der Waals surface area contributed by atoms with E-state index in [-0.39, 0.29) is 17.2 Å². The third-order valence-corrected chi connectivity index (χ3v) is 8.91. The van der Waals surface area contributed by atoms with Crippen molar-refractivity contribution >= 4 is 22.8 Å². The zero-order chi connectivity index (χ0) is 28.5. The summed E-state index contributed by atoms with van der Waals surface area (Å²) in [5, 5.41) is 11.5. The van der Waals surface area contributed by atoms with Crippen LogP contribution in [0.4, 0.5) is 20.2 Å². The van der Waals surface area contributed by atoms with Crippen molar-refractivity contribution in [1.29, 1.82) is 0 Å². The van der Waals surface area contributed by atoms with Gasteiger partial charge in [0.25, 0.3) is 5.91 Å². The number of carbonyl (C=O) groups excluding carboxylic acids is 1. The number of alkyl halides is 2. The van der Waals surface area contributed by atoms with Crippen LogP contribution in [0, 0.1) is 17.8 Å². The average molecular weight is 565 g/mol. The van der Waals surface area contributed by atoms with Gasteiger partial charge in [-0.1, -0.05) is 31.1 Å². The predicted octanol–water partition coefficient (Wildman–Crippen LogP) is 4.90. The summed E-state index contributed by atoms with van der Waals surface area (Å²) in [6, 6.07) is 9.53. The Labute approximate surface area is 234 Å². The fourth-order valence-corrected chi connectivity index (χ4v) is 6.10. The second kappa shape index (κ2) is 9.31. The van der Waals surface area contributed by atoms with E-state index < -0.39 is 18.1 Å². The maximum absolute atomic E-state index is 13.4. The van der Waals surface area contributed by atoms with Crippen molar-refractivity contribution in [3.8, 4) is 11.4 Å². The third kappa shape index (κ3) is 4.36. The first-order chi connectivity index (χ1) is 19.6. The highest BCUT2D eigenvalue weighted by Gasteiger charge is 2.53. The summed E-state index contributed by atoms with van der Waals surface area (Å²) in [6.07, 6.45) is 3.24. The number of hydrogen-bond acceptors (Lipinski definition) is 8. The van der Waals surface area contributed by atoms with Crippen molar-refractivity contribution in [2.45, 2.75) is 45.8 Å². The van der Waals surface area contributed by atoms with Crippen LogP contribution in [0.1, 0.15) is 48.0 Å². The Kier molecular flexibility index (Phi) is 5.91. The standard InChI is InChI=1S/C29H30F2N6O4/c1-16-4-5-17(24-34-26(41-35-24)20-10-23(28(20,2)3)40-27(30)31)8-21(16)33-25(38)19-11-32-37-7-6-18(9-22(19)37)36-12-29(13-36)14-39-15-29/h4-9,11,20,23,27H,10,12-15H2,1-3H3,(H,33,38)/t20-,23-/m1/s1. The molecule has 3 fully saturated rings. The number of pyridine rings is 1. The van der Waals surface area contributed by atoms with E-state index in [0.717, 1.165) is 43.1 Å². The molecule has 214 valence electrons. The molecule has 1 spiro atoms. The Hall–Kier alpha value is -3.90. The molecule has 1 aromatic carbocycles. The Balaban J connectivity index is 1.08. The number of aryl methyl sites for hydroxylation is 1. The summed E-state index contributed by atoms with van der Waals surface area (Å²) < 4.78 is 42.8. The van der Waals surface area contributed by atoms with Gasteiger partial charge >= 0.3 is 6.61 Å². The smallest absolute Gasteiger partial charge is 0.345 e. The zero-order valence-electron chi connectivity index (χ0n) is 22.9. The Morgan fingerprint density at radius 1 is 1.20 bits per heavy atom. The molecule has 7 rings (SSSR count). The molecule has 0 unspecified atom stereocenters. The molecule has 2 saturated heterocycles. The third-order valence-electron chi connectivity index (χ3n) is 8.91. The zero-order valence-corrected chi connectivity index (χ0v) is 22.9. The number of ether oxygens (including phenoxy) is 2. The van der Waals surface area contributed by atoms with Gasteiger partial charge in [0.15, 0.2) is 0 Å². The number of benzene rings is 1. The van der Waals surface area contributed by atoms with Crippen LogP contribution < -0.4 is 10.2 Å². The lowest BCUT2D eigenvalue weighted by Crippen LogP contribution is -2.66. The van der Waals surface area contributed by atoms with Gasteiger partial charge in [0, 0.05) is 47.6 Å². The molecule has 5 heterocycles. The average Bonchev–Trinajstić information content (AvgIpc) is 3.53. The second-order valence-corrected chi connectivity index (χ2v) is 12.1. The van der Waals surface area contributed by atoms with E-state index in [0.29, 0.717) is 35.0 Å². The lowest BCUT2D eigenvalue weighted by Gasteiger charge is -2.56. The van der Waals surface area contributed by atoms with Crippen LogP contribution in [0.15, 0.2) is 47.2 Å². The minimum absolute atomic E-state index is 0.193. The molecule has 1 saturated carbocycles. The normalized spacial score (nSPS) is 22.4. The van der Waals surface area contributed by atoms with Crippen LogP contribution in [0.5, 0.6) is 0 Å². The summed E-state index contributed by atoms with van der Waals surface area (Å²) in [5.41, 5.74) is 4.09. The minimum atomic E-state index is -2.82. The largest absolute Gasteiger partial charge is 0.380 e. The fraction of sp³-hybridized carbons (Fsp3) is 0.448. The Bertz CT molecular complexity index is 1640. The van der Waals surface area contributed by atoms with Gasteiger partial charge in [-0.05, 0) is 37.1 Å². The summed E-state index contributed by atoms with van der Waals surface area (Å²) in [5.74, 6) is 0.265. The van der Waals surface area contributed by atoms with Crippen molar-refractivity contribution in [1.82, 2.24) is 19.8 Å². The van der Waals surface area contributed by atoms with Crippen molar-refractivity contribution in [3.05, 3.63) is 59.7 Å². The van der Waals surface area contributed by atoms with E-state index in [9.17, 15) is 13.6 Å². The number of nitrogens with zero attached hydrogens (tertiary/aromatic N) is 5. The minimum Gasteiger partial charge on any atom is -0.380 e. The number of amides is 1. The highest BCUT2D eigenvalue weighted by Crippen LogP contribution is 2.54. The maximum atomic E-state index is 13.4. The van der Waals surface area contributed by atoms with Gasteiger partial charge in [-0.2, -0.15) is 18.9 Å². The molecule has 2 atom stereocenters. The Morgan fingerprint density at radius 2 is 2.00 bits per heavy atom. The first-order valence-electron chi connectivity index (χ1n) is 13.6. The van der Waals surface area contributed by atoms with E-state index in [1.165, 1.54) is 0 Å². The van der Waals surface area contributed by atoms with Crippen LogP contribution in [0.2, 0.25) is 0 Å². The molecule has 10 nitrogen and oxygen atoms in total. The summed E-state index contributed by atoms with van der Waals surface area (Å²) >= 11 is 0. The van der Waals surface area contributed by atoms with Crippen molar-refractivity contribution < 1.29 is 27.6 Å². The number of carbonyl (C=O) groups is 1. The topological polar surface area (TPSA) is 107 Å². The van der Waals surface area contributed by atoms with Gasteiger partial charge in [0.1, 0.15) is 0 Å². The van der Waals surface area contributed by atoms with E-state index in [1.54, 1.807) is 16.8 Å². The number of halogens is 2. The predicted molar refractivity (Wildman–Crippen MR) is 145 cm³/mol. The van der Waals surface area contributed by atoms with Gasteiger partial charge in [-0.15, -0.1) is 0 Å². The second-order valence-electron chi connectivity index (χ2n) is 12.1. The molecule has 4 aromatic rings. The summed E-state index contributed by atoms with van der Waals surface area (Å²) in [7, 11) is 0. The summed E-state index contributed by atoms with van der Waals surface area (Å²) in [6.45, 7) is 6.30. The SMILES string of the molecule is Cc1ccc(-c2noc([C@H]3C[C@@H](OC(F)F)C3(C)C)n2)cc1NC(=O)c1cnn2ccc(N3CC4(COC4)C3)cc12. The van der Waals surface area contributed by atoms with Crippen LogP contribution in [0.3, 0.4) is 0 Å². The number of nitrogens with one attached hydrogen (secondary N) is 1. The molecule has 2 aliphatic heterocycles. The molecule has 3 aromatic heterocycles. The molecular formula is C29H30F2N6O4. The van der Waals surface area contributed by atoms with Crippen molar-refractivity contribution in [2.24, 2.45) is 10.8 Å². The molecule has 0 radical (unpaired) electrons. The molecule has 3 aliphatic rings. The van der Waals surface area contributed by atoms with E-state index in [1.807, 2.05) is 51.2 Å². The molecule has 0 bridgehead atoms. The van der Waals surface area contributed by atoms with Crippen LogP contribution in [0.25, 0.3) is 16.9 Å². The first-order valence-corrected chi connectivity index (χ1v) is 13.6. The number of fused-ring (bicyclic) bond motifs is 1. The van der Waals surface area contributed by atoms with Gasteiger partial charge < -0.3 is 24.2 Å². The van der Waals surface area contributed by atoms with Gasteiger partial charge in [-0.3, -0.25) is 4.79 Å². The van der Waals surface area contributed by atoms with Gasteiger partial charge in [0.05, 0.1) is 42.0 Å². The van der Waals surface area contributed by atoms with Crippen LogP contribution in [-0.2, 0) is 9.47 Å². The van der Waals surface area contributed by atoms with Crippen molar-refractivity contribution in [2.75, 3.05) is 36.5 Å². The van der Waals surface area contributed by atoms with Crippen molar-refractivity contribution in [3.63, 3.8) is 0 Å². The quantitative estimate of drug-likeness (QED) is 0.338. The highest BCUT2D eigenvalue weighted by molar-refractivity contribution is 6.09. The van der Waals surface area contributed by atoms with E-state index in [4.69, 9.17) is 14.0 Å². The van der Waals surface area contributed by atoms with Gasteiger partial charge in [0.2, 0.25) is 11.7 Å². The Morgan fingerprint density at radius 3 is 2.71 bits per heavy atom.